The van der Waals surface area contributed by atoms with Gasteiger partial charge >= 0.3 is 0 Å². The number of nitriles is 1. The van der Waals surface area contributed by atoms with E-state index >= 15 is 0 Å². The van der Waals surface area contributed by atoms with E-state index < -0.39 is 0 Å². The number of rotatable bonds is 9. The molecule has 1 amide bonds. The van der Waals surface area contributed by atoms with Crippen LogP contribution >= 0.6 is 11.6 Å². The topological polar surface area (TPSA) is 82.7 Å². The van der Waals surface area contributed by atoms with E-state index in [4.69, 9.17) is 16.9 Å². The van der Waals surface area contributed by atoms with Gasteiger partial charge in [0.2, 0.25) is 5.91 Å². The van der Waals surface area contributed by atoms with Crippen LogP contribution in [0.15, 0.2) is 85.2 Å². The van der Waals surface area contributed by atoms with Crippen molar-refractivity contribution in [2.45, 2.75) is 12.3 Å². The number of carbonyl (C=O) groups excluding carboxylic acids is 1. The fourth-order valence-electron chi connectivity index (χ4n) is 3.86. The zero-order valence-electron chi connectivity index (χ0n) is 19.4. The van der Waals surface area contributed by atoms with Crippen LogP contribution in [0, 0.1) is 11.3 Å². The summed E-state index contributed by atoms with van der Waals surface area (Å²) in [4.78, 5) is 13.3. The largest absolute Gasteiger partial charge is 0.324 e. The van der Waals surface area contributed by atoms with E-state index in [2.05, 4.69) is 21.8 Å². The Labute approximate surface area is 210 Å². The van der Waals surface area contributed by atoms with Crippen LogP contribution < -0.4 is 10.6 Å². The van der Waals surface area contributed by atoms with Gasteiger partial charge in [0.1, 0.15) is 0 Å². The third kappa shape index (κ3) is 6.36. The number of carbonyl (C=O) groups is 1. The quantitative estimate of drug-likeness (QED) is 0.322. The first-order valence-corrected chi connectivity index (χ1v) is 11.8. The third-order valence-electron chi connectivity index (χ3n) is 5.81. The summed E-state index contributed by atoms with van der Waals surface area (Å²) in [5, 5.41) is 20.0. The average molecular weight is 484 g/mol. The molecule has 0 spiro atoms. The number of hydrogen-bond donors (Lipinski definition) is 2. The molecule has 7 heteroatoms. The maximum Gasteiger partial charge on any atom is 0.233 e. The highest BCUT2D eigenvalue weighted by Gasteiger charge is 2.21. The van der Waals surface area contributed by atoms with Crippen LogP contribution in [-0.4, -0.2) is 28.8 Å². The molecule has 4 rings (SSSR count). The maximum atomic E-state index is 13.3. The SMILES string of the molecule is Cn1cc(-c2ccc(NC(=O)C(CNCCc3ccc(C#N)cc3)c3ccccc3)c(Cl)c2)cn1. The predicted octanol–water partition coefficient (Wildman–Crippen LogP) is 5.17. The standard InChI is InChI=1S/C28H26ClN5O/c1-34-19-24(17-32-34)23-11-12-27(26(29)15-23)33-28(35)25(22-5-3-2-4-6-22)18-31-14-13-20-7-9-21(16-30)10-8-20/h2-12,15,17,19,25,31H,13-14,18H2,1H3,(H,33,35). The van der Waals surface area contributed by atoms with Crippen LogP contribution in [0.2, 0.25) is 5.02 Å². The van der Waals surface area contributed by atoms with E-state index in [0.29, 0.717) is 29.4 Å². The van der Waals surface area contributed by atoms with Crippen molar-refractivity contribution in [3.63, 3.8) is 0 Å². The lowest BCUT2D eigenvalue weighted by atomic mass is 9.97. The number of hydrogen-bond acceptors (Lipinski definition) is 4. The number of halogens is 1. The zero-order valence-corrected chi connectivity index (χ0v) is 20.2. The van der Waals surface area contributed by atoms with Gasteiger partial charge in [-0.2, -0.15) is 10.4 Å². The van der Waals surface area contributed by atoms with Crippen molar-refractivity contribution in [3.05, 3.63) is 107 Å². The van der Waals surface area contributed by atoms with Crippen molar-refractivity contribution in [1.82, 2.24) is 15.1 Å². The van der Waals surface area contributed by atoms with Crippen LogP contribution in [-0.2, 0) is 18.3 Å². The molecule has 1 aromatic heterocycles. The maximum absolute atomic E-state index is 13.3. The summed E-state index contributed by atoms with van der Waals surface area (Å²) in [6, 6.07) is 25.0. The zero-order chi connectivity index (χ0) is 24.6. The molecule has 0 fully saturated rings. The Morgan fingerprint density at radius 2 is 1.86 bits per heavy atom. The van der Waals surface area contributed by atoms with E-state index in [9.17, 15) is 4.79 Å². The van der Waals surface area contributed by atoms with Crippen LogP contribution in [0.1, 0.15) is 22.6 Å². The summed E-state index contributed by atoms with van der Waals surface area (Å²) in [6.45, 7) is 1.20. The molecular weight excluding hydrogens is 458 g/mol. The van der Waals surface area contributed by atoms with Gasteiger partial charge < -0.3 is 10.6 Å². The number of amides is 1. The molecule has 0 aliphatic carbocycles. The summed E-state index contributed by atoms with van der Waals surface area (Å²) in [5.41, 5.74) is 5.18. The Hall–Kier alpha value is -3.92. The van der Waals surface area contributed by atoms with Gasteiger partial charge in [-0.15, -0.1) is 0 Å². The number of nitrogens with one attached hydrogen (secondary N) is 2. The molecule has 0 aliphatic rings. The van der Waals surface area contributed by atoms with Gasteiger partial charge in [-0.25, -0.2) is 0 Å². The molecule has 0 bridgehead atoms. The van der Waals surface area contributed by atoms with E-state index in [1.54, 1.807) is 10.9 Å². The normalized spacial score (nSPS) is 11.6. The Morgan fingerprint density at radius 3 is 2.51 bits per heavy atom. The second kappa shape index (κ2) is 11.5. The van der Waals surface area contributed by atoms with Crippen molar-refractivity contribution in [2.24, 2.45) is 7.05 Å². The fourth-order valence-corrected chi connectivity index (χ4v) is 4.09. The molecule has 1 atom stereocenters. The number of benzene rings is 3. The molecule has 6 nitrogen and oxygen atoms in total. The fraction of sp³-hybridized carbons (Fsp3) is 0.179. The molecule has 1 heterocycles. The van der Waals surface area contributed by atoms with Crippen LogP contribution in [0.25, 0.3) is 11.1 Å². The average Bonchev–Trinajstić information content (AvgIpc) is 3.32. The summed E-state index contributed by atoms with van der Waals surface area (Å²) >= 11 is 6.52. The Bertz CT molecular complexity index is 1330. The molecule has 2 N–H and O–H groups in total. The van der Waals surface area contributed by atoms with Gasteiger partial charge in [-0.1, -0.05) is 60.1 Å². The third-order valence-corrected chi connectivity index (χ3v) is 6.12. The highest BCUT2D eigenvalue weighted by molar-refractivity contribution is 6.34. The Balaban J connectivity index is 1.41. The van der Waals surface area contributed by atoms with Crippen molar-refractivity contribution in [2.75, 3.05) is 18.4 Å². The summed E-state index contributed by atoms with van der Waals surface area (Å²) in [6.07, 6.45) is 4.49. The van der Waals surface area contributed by atoms with E-state index in [0.717, 1.165) is 28.7 Å². The number of anilines is 1. The van der Waals surface area contributed by atoms with Gasteiger partial charge in [0.05, 0.1) is 34.5 Å². The Morgan fingerprint density at radius 1 is 1.09 bits per heavy atom. The first-order valence-electron chi connectivity index (χ1n) is 11.4. The molecule has 3 aromatic carbocycles. The van der Waals surface area contributed by atoms with Crippen LogP contribution in [0.5, 0.6) is 0 Å². The molecule has 35 heavy (non-hydrogen) atoms. The summed E-state index contributed by atoms with van der Waals surface area (Å²) < 4.78 is 1.73. The summed E-state index contributed by atoms with van der Waals surface area (Å²) in [5.74, 6) is -0.510. The van der Waals surface area contributed by atoms with E-state index in [1.165, 1.54) is 0 Å². The van der Waals surface area contributed by atoms with E-state index in [1.807, 2.05) is 86.0 Å². The van der Waals surface area contributed by atoms with Gasteiger partial charge in [0, 0.05) is 25.4 Å². The van der Waals surface area contributed by atoms with Crippen molar-refractivity contribution in [3.8, 4) is 17.2 Å². The molecule has 0 aliphatic heterocycles. The molecule has 176 valence electrons. The molecular formula is C28H26ClN5O. The smallest absolute Gasteiger partial charge is 0.233 e. The minimum atomic E-state index is -0.383. The molecule has 1 unspecified atom stereocenters. The van der Waals surface area contributed by atoms with Crippen molar-refractivity contribution < 1.29 is 4.79 Å². The lowest BCUT2D eigenvalue weighted by Gasteiger charge is -2.19. The van der Waals surface area contributed by atoms with Crippen molar-refractivity contribution >= 4 is 23.2 Å². The molecule has 0 saturated carbocycles. The highest BCUT2D eigenvalue weighted by Crippen LogP contribution is 2.29. The van der Waals surface area contributed by atoms with Gasteiger partial charge in [-0.3, -0.25) is 9.48 Å². The van der Waals surface area contributed by atoms with Crippen molar-refractivity contribution in [1.29, 1.82) is 5.26 Å². The summed E-state index contributed by atoms with van der Waals surface area (Å²) in [7, 11) is 1.86. The first-order chi connectivity index (χ1) is 17.0. The van der Waals surface area contributed by atoms with Gasteiger partial charge in [-0.05, 0) is 53.9 Å². The monoisotopic (exact) mass is 483 g/mol. The number of aryl methyl sites for hydroxylation is 1. The predicted molar refractivity (Wildman–Crippen MR) is 139 cm³/mol. The lowest BCUT2D eigenvalue weighted by molar-refractivity contribution is -0.117. The first kappa shape index (κ1) is 24.2. The second-order valence-electron chi connectivity index (χ2n) is 8.31. The van der Waals surface area contributed by atoms with Crippen LogP contribution in [0.3, 0.4) is 0 Å². The highest BCUT2D eigenvalue weighted by atomic mass is 35.5. The van der Waals surface area contributed by atoms with Crippen LogP contribution in [0.4, 0.5) is 5.69 Å². The van der Waals surface area contributed by atoms with Gasteiger partial charge in [0.15, 0.2) is 0 Å². The second-order valence-corrected chi connectivity index (χ2v) is 8.72. The Kier molecular flexibility index (Phi) is 7.94. The van der Waals surface area contributed by atoms with E-state index in [-0.39, 0.29) is 11.8 Å². The minimum Gasteiger partial charge on any atom is -0.324 e. The molecule has 0 saturated heterocycles. The molecule has 0 radical (unpaired) electrons. The number of nitrogens with zero attached hydrogens (tertiary/aromatic N) is 3. The minimum absolute atomic E-state index is 0.127. The van der Waals surface area contributed by atoms with Gasteiger partial charge in [0.25, 0.3) is 0 Å². The molecule has 4 aromatic rings. The number of aromatic nitrogens is 2. The lowest BCUT2D eigenvalue weighted by Crippen LogP contribution is -2.32.